The lowest BCUT2D eigenvalue weighted by atomic mass is 9.74. The Morgan fingerprint density at radius 2 is 1.66 bits per heavy atom. The zero-order chi connectivity index (χ0) is 26.8. The first-order valence-electron chi connectivity index (χ1n) is 13.8. The summed E-state index contributed by atoms with van der Waals surface area (Å²) in [4.78, 5) is 38.8. The summed E-state index contributed by atoms with van der Waals surface area (Å²) in [6, 6.07) is 17.7. The fourth-order valence-electron chi connectivity index (χ4n) is 5.74. The van der Waals surface area contributed by atoms with E-state index in [0.717, 1.165) is 44.2 Å². The minimum atomic E-state index is -0.927. The van der Waals surface area contributed by atoms with Gasteiger partial charge >= 0.3 is 12.1 Å². The largest absolute Gasteiger partial charge is 0.415 e. The van der Waals surface area contributed by atoms with E-state index in [1.165, 1.54) is 6.42 Å². The van der Waals surface area contributed by atoms with Gasteiger partial charge in [-0.15, -0.1) is 0 Å². The molecule has 38 heavy (non-hydrogen) atoms. The van der Waals surface area contributed by atoms with Gasteiger partial charge in [0.1, 0.15) is 5.54 Å². The van der Waals surface area contributed by atoms with Crippen LogP contribution in [-0.2, 0) is 16.0 Å². The molecule has 4 rings (SSSR count). The van der Waals surface area contributed by atoms with E-state index in [9.17, 15) is 19.5 Å². The lowest BCUT2D eigenvalue weighted by Crippen LogP contribution is -2.56. The molecule has 8 nitrogen and oxygen atoms in total. The molecule has 1 aliphatic carbocycles. The Labute approximate surface area is 224 Å². The van der Waals surface area contributed by atoms with Gasteiger partial charge in [0.2, 0.25) is 0 Å². The molecule has 4 N–H and O–H groups in total. The van der Waals surface area contributed by atoms with Crippen LogP contribution in [0.25, 0.3) is 0 Å². The Morgan fingerprint density at radius 1 is 0.974 bits per heavy atom. The van der Waals surface area contributed by atoms with Crippen molar-refractivity contribution in [3.05, 3.63) is 71.8 Å². The van der Waals surface area contributed by atoms with Crippen molar-refractivity contribution >= 4 is 18.0 Å². The maximum atomic E-state index is 13.2. The molecule has 2 amide bonds. The molecule has 0 spiro atoms. The predicted molar refractivity (Wildman–Crippen MR) is 144 cm³/mol. The van der Waals surface area contributed by atoms with Crippen molar-refractivity contribution in [3.8, 4) is 0 Å². The molecule has 0 radical (unpaired) electrons. The molecule has 1 saturated carbocycles. The Bertz CT molecular complexity index is 1050. The Hall–Kier alpha value is -3.23. The number of alkyl carbamates (subject to hydrolysis) is 1. The summed E-state index contributed by atoms with van der Waals surface area (Å²) in [7, 11) is 0. The number of ether oxygens (including phenoxy) is 1. The molecule has 3 atom stereocenters. The van der Waals surface area contributed by atoms with Crippen molar-refractivity contribution in [2.45, 2.75) is 75.5 Å². The third-order valence-electron chi connectivity index (χ3n) is 7.89. The number of hydrogen-bond acceptors (Lipinski definition) is 6. The molecule has 1 heterocycles. The quantitative estimate of drug-likeness (QED) is 0.280. The summed E-state index contributed by atoms with van der Waals surface area (Å²) < 4.78 is 5.29. The van der Waals surface area contributed by atoms with E-state index in [1.54, 1.807) is 24.3 Å². The van der Waals surface area contributed by atoms with Crippen LogP contribution in [0.1, 0.15) is 67.3 Å². The van der Waals surface area contributed by atoms with Gasteiger partial charge in [0.25, 0.3) is 5.91 Å². The summed E-state index contributed by atoms with van der Waals surface area (Å²) in [5, 5.41) is 19.8. The second kappa shape index (κ2) is 13.5. The van der Waals surface area contributed by atoms with E-state index < -0.39 is 29.7 Å². The first kappa shape index (κ1) is 27.8. The molecule has 2 aromatic carbocycles. The van der Waals surface area contributed by atoms with Crippen LogP contribution in [0, 0.1) is 5.92 Å². The van der Waals surface area contributed by atoms with E-state index in [1.807, 2.05) is 36.4 Å². The highest BCUT2D eigenvalue weighted by atomic mass is 16.6. The van der Waals surface area contributed by atoms with Crippen LogP contribution in [-0.4, -0.2) is 53.9 Å². The van der Waals surface area contributed by atoms with Crippen molar-refractivity contribution in [2.75, 3.05) is 13.1 Å². The lowest BCUT2D eigenvalue weighted by molar-refractivity contribution is -0.147. The topological polar surface area (TPSA) is 117 Å². The van der Waals surface area contributed by atoms with Crippen molar-refractivity contribution in [3.63, 3.8) is 0 Å². The maximum absolute atomic E-state index is 13.2. The van der Waals surface area contributed by atoms with Gasteiger partial charge < -0.3 is 25.8 Å². The van der Waals surface area contributed by atoms with Gasteiger partial charge in [0, 0.05) is 12.1 Å². The summed E-state index contributed by atoms with van der Waals surface area (Å²) in [5.41, 5.74) is 0.704. The number of aliphatic hydroxyl groups excluding tert-OH is 1. The standard InChI is InChI=1S/C30H39N3O5/c34-26(18-17-22-11-4-1-5-12-22)25(33-27(35)23-13-6-2-7-14-23)21-31-29(37)38-28(36)30(19-10-20-32-30)24-15-8-3-9-16-24/h1-2,4-7,11-14,24-26,32,34H,3,8-10,15-21H2,(H,31,37)(H,33,35)/t25?,26?,30-/m1/s1. The molecule has 1 aliphatic heterocycles. The average molecular weight is 522 g/mol. The van der Waals surface area contributed by atoms with Gasteiger partial charge in [-0.1, -0.05) is 67.8 Å². The molecule has 0 bridgehead atoms. The maximum Gasteiger partial charge on any atom is 0.415 e. The summed E-state index contributed by atoms with van der Waals surface area (Å²) in [6.07, 6.45) is 5.96. The fourth-order valence-corrected chi connectivity index (χ4v) is 5.74. The van der Waals surface area contributed by atoms with Crippen LogP contribution in [0.4, 0.5) is 4.79 Å². The molecule has 2 aromatic rings. The molecule has 2 fully saturated rings. The first-order chi connectivity index (χ1) is 18.5. The zero-order valence-electron chi connectivity index (χ0n) is 21.9. The van der Waals surface area contributed by atoms with Gasteiger partial charge in [-0.3, -0.25) is 4.79 Å². The van der Waals surface area contributed by atoms with E-state index in [0.29, 0.717) is 24.8 Å². The molecule has 2 unspecified atom stereocenters. The van der Waals surface area contributed by atoms with E-state index in [4.69, 9.17) is 4.74 Å². The number of aryl methyl sites for hydroxylation is 1. The van der Waals surface area contributed by atoms with Crippen LogP contribution >= 0.6 is 0 Å². The molecule has 8 heteroatoms. The Morgan fingerprint density at radius 3 is 2.32 bits per heavy atom. The number of carbonyl (C=O) groups excluding carboxylic acids is 3. The van der Waals surface area contributed by atoms with Crippen molar-refractivity contribution in [1.29, 1.82) is 0 Å². The van der Waals surface area contributed by atoms with Gasteiger partial charge in [0.05, 0.1) is 12.1 Å². The highest BCUT2D eigenvalue weighted by Crippen LogP contribution is 2.38. The van der Waals surface area contributed by atoms with E-state index in [2.05, 4.69) is 16.0 Å². The second-order valence-corrected chi connectivity index (χ2v) is 10.4. The minimum absolute atomic E-state index is 0.0789. The molecule has 204 valence electrons. The van der Waals surface area contributed by atoms with Crippen LogP contribution in [0.2, 0.25) is 0 Å². The molecule has 0 aromatic heterocycles. The molecular formula is C30H39N3O5. The van der Waals surface area contributed by atoms with E-state index in [-0.39, 0.29) is 18.4 Å². The number of esters is 1. The molecule has 1 saturated heterocycles. The first-order valence-corrected chi connectivity index (χ1v) is 13.8. The van der Waals surface area contributed by atoms with Gasteiger partial charge in [0.15, 0.2) is 0 Å². The number of benzene rings is 2. The SMILES string of the molecule is O=C(NCC(NC(=O)c1ccccc1)C(O)CCc1ccccc1)OC(=O)[C@]1(C2CCCCC2)CCCN1. The van der Waals surface area contributed by atoms with Crippen molar-refractivity contribution < 1.29 is 24.2 Å². The van der Waals surface area contributed by atoms with Crippen molar-refractivity contribution in [1.82, 2.24) is 16.0 Å². The summed E-state index contributed by atoms with van der Waals surface area (Å²) in [5.74, 6) is -0.724. The molecule has 2 aliphatic rings. The van der Waals surface area contributed by atoms with Crippen molar-refractivity contribution in [2.24, 2.45) is 5.92 Å². The van der Waals surface area contributed by atoms with E-state index >= 15 is 0 Å². The number of rotatable bonds is 10. The third kappa shape index (κ3) is 7.20. The third-order valence-corrected chi connectivity index (χ3v) is 7.89. The minimum Gasteiger partial charge on any atom is -0.391 e. The second-order valence-electron chi connectivity index (χ2n) is 10.4. The number of hydrogen-bond donors (Lipinski definition) is 4. The zero-order valence-corrected chi connectivity index (χ0v) is 21.9. The smallest absolute Gasteiger partial charge is 0.391 e. The van der Waals surface area contributed by atoms with Gasteiger partial charge in [-0.25, -0.2) is 9.59 Å². The van der Waals surface area contributed by atoms with Gasteiger partial charge in [-0.05, 0) is 68.7 Å². The fraction of sp³-hybridized carbons (Fsp3) is 0.500. The van der Waals surface area contributed by atoms with Crippen LogP contribution in [0.3, 0.4) is 0 Å². The summed E-state index contributed by atoms with van der Waals surface area (Å²) in [6.45, 7) is 0.652. The summed E-state index contributed by atoms with van der Waals surface area (Å²) >= 11 is 0. The Kier molecular flexibility index (Phi) is 9.90. The lowest BCUT2D eigenvalue weighted by Gasteiger charge is -2.37. The highest BCUT2D eigenvalue weighted by Gasteiger charge is 2.49. The Balaban J connectivity index is 1.37. The number of amides is 2. The monoisotopic (exact) mass is 521 g/mol. The molecular weight excluding hydrogens is 482 g/mol. The van der Waals surface area contributed by atoms with Gasteiger partial charge in [-0.2, -0.15) is 0 Å². The van der Waals surface area contributed by atoms with Crippen LogP contribution in [0.5, 0.6) is 0 Å². The average Bonchev–Trinajstić information content (AvgIpc) is 3.47. The van der Waals surface area contributed by atoms with Crippen LogP contribution in [0.15, 0.2) is 60.7 Å². The number of carbonyl (C=O) groups is 3. The predicted octanol–water partition coefficient (Wildman–Crippen LogP) is 3.73. The van der Waals surface area contributed by atoms with Crippen LogP contribution < -0.4 is 16.0 Å². The number of aliphatic hydroxyl groups is 1. The normalized spacial score (nSPS) is 21.3. The highest BCUT2D eigenvalue weighted by molar-refractivity contribution is 5.94. The number of nitrogens with one attached hydrogen (secondary N) is 3.